The van der Waals surface area contributed by atoms with E-state index in [4.69, 9.17) is 8.83 Å². The van der Waals surface area contributed by atoms with E-state index >= 15 is 0 Å². The third-order valence-corrected chi connectivity index (χ3v) is 7.34. The van der Waals surface area contributed by atoms with Crippen LogP contribution in [0, 0.1) is 6.92 Å². The zero-order chi connectivity index (χ0) is 23.3. The minimum atomic E-state index is -3.81. The summed E-state index contributed by atoms with van der Waals surface area (Å²) in [6, 6.07) is 11.6. The van der Waals surface area contributed by atoms with Crippen molar-refractivity contribution in [2.45, 2.75) is 43.7 Å². The highest BCUT2D eigenvalue weighted by atomic mass is 32.2. The fourth-order valence-corrected chi connectivity index (χ4v) is 5.10. The molecule has 1 aliphatic heterocycles. The van der Waals surface area contributed by atoms with Gasteiger partial charge in [0.05, 0.1) is 30.0 Å². The van der Waals surface area contributed by atoms with Gasteiger partial charge in [-0.25, -0.2) is 13.1 Å². The Kier molecular flexibility index (Phi) is 7.32. The van der Waals surface area contributed by atoms with E-state index in [1.54, 1.807) is 31.4 Å². The average molecular weight is 472 g/mol. The van der Waals surface area contributed by atoms with Crippen molar-refractivity contribution in [2.75, 3.05) is 19.6 Å². The molecule has 9 heteroatoms. The average Bonchev–Trinajstić information content (AvgIpc) is 3.53. The van der Waals surface area contributed by atoms with Crippen LogP contribution in [-0.2, 0) is 16.6 Å². The maximum absolute atomic E-state index is 13.1. The van der Waals surface area contributed by atoms with Crippen LogP contribution in [0.4, 0.5) is 0 Å². The summed E-state index contributed by atoms with van der Waals surface area (Å²) in [6.07, 6.45) is 6.58. The molecule has 1 amide bonds. The molecule has 1 unspecified atom stereocenters. The lowest BCUT2D eigenvalue weighted by Gasteiger charge is -2.33. The first-order chi connectivity index (χ1) is 15.9. The summed E-state index contributed by atoms with van der Waals surface area (Å²) in [6.45, 7) is 4.10. The second-order valence-electron chi connectivity index (χ2n) is 8.22. The maximum atomic E-state index is 13.1. The molecule has 0 radical (unpaired) electrons. The Bertz CT molecular complexity index is 1150. The monoisotopic (exact) mass is 471 g/mol. The highest BCUT2D eigenvalue weighted by Crippen LogP contribution is 2.25. The van der Waals surface area contributed by atoms with E-state index in [1.165, 1.54) is 24.8 Å². The molecule has 1 aromatic carbocycles. The third kappa shape index (κ3) is 5.73. The van der Waals surface area contributed by atoms with Gasteiger partial charge in [0.25, 0.3) is 5.91 Å². The molecule has 0 aliphatic carbocycles. The molecule has 1 fully saturated rings. The molecule has 4 rings (SSSR count). The Labute approximate surface area is 194 Å². The second kappa shape index (κ2) is 10.4. The number of aryl methyl sites for hydroxylation is 1. The van der Waals surface area contributed by atoms with Gasteiger partial charge in [-0.05, 0) is 74.8 Å². The number of furan rings is 2. The molecule has 0 saturated carbocycles. The molecule has 1 aliphatic rings. The topological polar surface area (TPSA) is 105 Å². The number of hydrogen-bond acceptors (Lipinski definition) is 6. The number of nitrogens with one attached hydrogen (secondary N) is 2. The predicted octanol–water partition coefficient (Wildman–Crippen LogP) is 3.62. The van der Waals surface area contributed by atoms with E-state index in [-0.39, 0.29) is 23.4 Å². The van der Waals surface area contributed by atoms with Crippen LogP contribution in [-0.4, -0.2) is 38.9 Å². The lowest BCUT2D eigenvalue weighted by molar-refractivity contribution is 0.0913. The Morgan fingerprint density at radius 3 is 2.52 bits per heavy atom. The number of piperidine rings is 1. The van der Waals surface area contributed by atoms with Crippen molar-refractivity contribution in [2.24, 2.45) is 0 Å². The van der Waals surface area contributed by atoms with Crippen molar-refractivity contribution in [3.8, 4) is 0 Å². The summed E-state index contributed by atoms with van der Waals surface area (Å²) in [5.41, 5.74) is 1.03. The quantitative estimate of drug-likeness (QED) is 0.494. The number of carbonyl (C=O) groups is 1. The van der Waals surface area contributed by atoms with Gasteiger partial charge in [0, 0.05) is 12.1 Å². The molecule has 176 valence electrons. The van der Waals surface area contributed by atoms with Gasteiger partial charge in [-0.2, -0.15) is 0 Å². The largest absolute Gasteiger partial charge is 0.468 e. The number of hydrogen-bond donors (Lipinski definition) is 2. The predicted molar refractivity (Wildman–Crippen MR) is 123 cm³/mol. The van der Waals surface area contributed by atoms with Crippen LogP contribution < -0.4 is 10.0 Å². The van der Waals surface area contributed by atoms with Gasteiger partial charge < -0.3 is 14.2 Å². The van der Waals surface area contributed by atoms with Gasteiger partial charge in [-0.15, -0.1) is 0 Å². The van der Waals surface area contributed by atoms with Crippen molar-refractivity contribution in [1.82, 2.24) is 14.9 Å². The number of carbonyl (C=O) groups excluding carboxylic acids is 1. The number of sulfonamides is 1. The molecule has 0 bridgehead atoms. The van der Waals surface area contributed by atoms with Gasteiger partial charge >= 0.3 is 0 Å². The van der Waals surface area contributed by atoms with Crippen LogP contribution >= 0.6 is 0 Å². The second-order valence-corrected chi connectivity index (χ2v) is 9.99. The van der Waals surface area contributed by atoms with Crippen LogP contribution in [0.25, 0.3) is 0 Å². The molecule has 33 heavy (non-hydrogen) atoms. The van der Waals surface area contributed by atoms with Crippen LogP contribution in [0.5, 0.6) is 0 Å². The summed E-state index contributed by atoms with van der Waals surface area (Å²) in [5, 5.41) is 2.99. The summed E-state index contributed by atoms with van der Waals surface area (Å²) in [4.78, 5) is 15.4. The molecule has 0 spiro atoms. The number of likely N-dealkylation sites (tertiary alicyclic amines) is 1. The Balaban J connectivity index is 1.47. The minimum Gasteiger partial charge on any atom is -0.468 e. The number of benzene rings is 1. The van der Waals surface area contributed by atoms with Gasteiger partial charge in [0.15, 0.2) is 0 Å². The molecule has 2 N–H and O–H groups in total. The van der Waals surface area contributed by atoms with Gasteiger partial charge in [-0.1, -0.05) is 12.5 Å². The Hall–Kier alpha value is -2.88. The fraction of sp³-hybridized carbons (Fsp3) is 0.375. The van der Waals surface area contributed by atoms with E-state index in [2.05, 4.69) is 14.9 Å². The summed E-state index contributed by atoms with van der Waals surface area (Å²) in [7, 11) is -3.81. The fourth-order valence-electron chi connectivity index (χ4n) is 4.08. The van der Waals surface area contributed by atoms with Crippen molar-refractivity contribution >= 4 is 15.9 Å². The number of nitrogens with zero attached hydrogens (tertiary/aromatic N) is 1. The molecular weight excluding hydrogens is 442 g/mol. The van der Waals surface area contributed by atoms with E-state index in [1.807, 2.05) is 12.1 Å². The lowest BCUT2D eigenvalue weighted by Crippen LogP contribution is -2.40. The van der Waals surface area contributed by atoms with Crippen LogP contribution in [0.3, 0.4) is 0 Å². The van der Waals surface area contributed by atoms with Crippen LogP contribution in [0.1, 0.15) is 52.7 Å². The molecule has 1 atom stereocenters. The molecular formula is C24H29N3O5S. The SMILES string of the molecule is Cc1ccc(S(=O)(=O)NCc2ccco2)cc1C(=O)NCC(c1ccco1)N1CCCCC1. The third-order valence-electron chi connectivity index (χ3n) is 5.94. The minimum absolute atomic E-state index is 0.0309. The molecule has 3 heterocycles. The standard InChI is InChI=1S/C24H29N3O5S/c1-18-9-10-20(33(29,30)26-16-19-7-5-13-31-19)15-21(18)24(28)25-17-22(23-8-6-14-32-23)27-11-3-2-4-12-27/h5-10,13-15,22,26H,2-4,11-12,16-17H2,1H3,(H,25,28). The van der Waals surface area contributed by atoms with Gasteiger partial charge in [-0.3, -0.25) is 9.69 Å². The van der Waals surface area contributed by atoms with Crippen molar-refractivity contribution in [3.63, 3.8) is 0 Å². The zero-order valence-corrected chi connectivity index (χ0v) is 19.4. The smallest absolute Gasteiger partial charge is 0.251 e. The maximum Gasteiger partial charge on any atom is 0.251 e. The Morgan fingerprint density at radius 2 is 1.82 bits per heavy atom. The van der Waals surface area contributed by atoms with Crippen LogP contribution in [0.2, 0.25) is 0 Å². The number of amides is 1. The van der Waals surface area contributed by atoms with Gasteiger partial charge in [0.1, 0.15) is 11.5 Å². The van der Waals surface area contributed by atoms with Crippen LogP contribution in [0.15, 0.2) is 68.7 Å². The first-order valence-electron chi connectivity index (χ1n) is 11.1. The van der Waals surface area contributed by atoms with Gasteiger partial charge in [0.2, 0.25) is 10.0 Å². The number of rotatable bonds is 9. The molecule has 2 aromatic heterocycles. The van der Waals surface area contributed by atoms with E-state index in [0.29, 0.717) is 23.4 Å². The highest BCUT2D eigenvalue weighted by molar-refractivity contribution is 7.89. The summed E-state index contributed by atoms with van der Waals surface area (Å²) >= 11 is 0. The van der Waals surface area contributed by atoms with E-state index in [9.17, 15) is 13.2 Å². The summed E-state index contributed by atoms with van der Waals surface area (Å²) in [5.74, 6) is 1.00. The zero-order valence-electron chi connectivity index (χ0n) is 18.6. The van der Waals surface area contributed by atoms with E-state index in [0.717, 1.165) is 31.7 Å². The first-order valence-corrected chi connectivity index (χ1v) is 12.6. The first kappa shape index (κ1) is 23.3. The molecule has 8 nitrogen and oxygen atoms in total. The Morgan fingerprint density at radius 1 is 1.06 bits per heavy atom. The van der Waals surface area contributed by atoms with E-state index < -0.39 is 10.0 Å². The summed E-state index contributed by atoms with van der Waals surface area (Å²) < 4.78 is 38.8. The lowest BCUT2D eigenvalue weighted by atomic mass is 10.1. The molecule has 1 saturated heterocycles. The van der Waals surface area contributed by atoms with Crippen molar-refractivity contribution in [1.29, 1.82) is 0 Å². The van der Waals surface area contributed by atoms with Crippen molar-refractivity contribution in [3.05, 3.63) is 77.6 Å². The normalized spacial score (nSPS) is 15.9. The highest BCUT2D eigenvalue weighted by Gasteiger charge is 2.26. The van der Waals surface area contributed by atoms with Crippen molar-refractivity contribution < 1.29 is 22.0 Å². The molecule has 3 aromatic rings.